The van der Waals surface area contributed by atoms with Gasteiger partial charge in [0.25, 0.3) is 0 Å². The molecule has 2 aromatic heterocycles. The first-order chi connectivity index (χ1) is 13.9. The molecule has 0 saturated carbocycles. The molecule has 0 radical (unpaired) electrons. The molecule has 154 valence electrons. The van der Waals surface area contributed by atoms with E-state index in [-0.39, 0.29) is 16.7 Å². The summed E-state index contributed by atoms with van der Waals surface area (Å²) in [6, 6.07) is 9.00. The summed E-state index contributed by atoms with van der Waals surface area (Å²) >= 11 is 1.07. The van der Waals surface area contributed by atoms with Crippen molar-refractivity contribution < 1.29 is 18.3 Å². The standard InChI is InChI=1S/C20H21F3N4OS/c21-20(22,23)10-16-9-17-18(24-12-25-19(17)29-16)26-14-5-7-27(8-6-14)11-13-1-3-15(28)4-2-13/h1-4,9,12,14,28H,5-8,10-11H2,(H,24,25,26). The number of phenolic OH excluding ortho intramolecular Hbond substituents is 1. The topological polar surface area (TPSA) is 61.3 Å². The summed E-state index contributed by atoms with van der Waals surface area (Å²) in [6.45, 7) is 2.65. The first-order valence-corrected chi connectivity index (χ1v) is 10.2. The number of aromatic hydroxyl groups is 1. The van der Waals surface area contributed by atoms with Crippen molar-refractivity contribution in [1.29, 1.82) is 0 Å². The maximum Gasteiger partial charge on any atom is 0.393 e. The molecular formula is C20H21F3N4OS. The maximum absolute atomic E-state index is 12.7. The fourth-order valence-corrected chi connectivity index (χ4v) is 4.62. The van der Waals surface area contributed by atoms with E-state index >= 15 is 0 Å². The van der Waals surface area contributed by atoms with Gasteiger partial charge in [-0.15, -0.1) is 11.3 Å². The number of anilines is 1. The minimum Gasteiger partial charge on any atom is -0.508 e. The second-order valence-corrected chi connectivity index (χ2v) is 8.42. The monoisotopic (exact) mass is 422 g/mol. The third-order valence-electron chi connectivity index (χ3n) is 5.03. The van der Waals surface area contributed by atoms with Crippen molar-refractivity contribution in [3.05, 3.63) is 47.1 Å². The van der Waals surface area contributed by atoms with Gasteiger partial charge in [0.1, 0.15) is 22.7 Å². The highest BCUT2D eigenvalue weighted by Crippen LogP contribution is 2.33. The van der Waals surface area contributed by atoms with Crippen LogP contribution in [0.3, 0.4) is 0 Å². The lowest BCUT2D eigenvalue weighted by molar-refractivity contribution is -0.126. The SMILES string of the molecule is Oc1ccc(CN2CCC(Nc3ncnc4sc(CC(F)(F)F)cc34)CC2)cc1. The molecule has 5 nitrogen and oxygen atoms in total. The Morgan fingerprint density at radius 2 is 1.86 bits per heavy atom. The molecule has 29 heavy (non-hydrogen) atoms. The molecule has 1 fully saturated rings. The van der Waals surface area contributed by atoms with Crippen LogP contribution in [0.25, 0.3) is 10.2 Å². The van der Waals surface area contributed by atoms with Crippen LogP contribution in [0.2, 0.25) is 0 Å². The summed E-state index contributed by atoms with van der Waals surface area (Å²) in [4.78, 5) is 11.6. The minimum absolute atomic E-state index is 0.218. The van der Waals surface area contributed by atoms with E-state index < -0.39 is 12.6 Å². The first-order valence-electron chi connectivity index (χ1n) is 9.43. The molecule has 1 aliphatic heterocycles. The van der Waals surface area contributed by atoms with Crippen LogP contribution in [-0.2, 0) is 13.0 Å². The smallest absolute Gasteiger partial charge is 0.393 e. The van der Waals surface area contributed by atoms with Crippen molar-refractivity contribution >= 4 is 27.4 Å². The summed E-state index contributed by atoms with van der Waals surface area (Å²) in [6.07, 6.45) is -1.93. The fraction of sp³-hybridized carbons (Fsp3) is 0.400. The Labute approximate surface area is 170 Å². The highest BCUT2D eigenvalue weighted by atomic mass is 32.1. The van der Waals surface area contributed by atoms with Crippen LogP contribution in [-0.4, -0.2) is 45.3 Å². The normalized spacial score (nSPS) is 16.4. The van der Waals surface area contributed by atoms with Gasteiger partial charge < -0.3 is 10.4 Å². The number of nitrogens with one attached hydrogen (secondary N) is 1. The van der Waals surface area contributed by atoms with Crippen LogP contribution in [0.15, 0.2) is 36.7 Å². The van der Waals surface area contributed by atoms with Crippen LogP contribution >= 0.6 is 11.3 Å². The Hall–Kier alpha value is -2.39. The van der Waals surface area contributed by atoms with Crippen molar-refractivity contribution in [1.82, 2.24) is 14.9 Å². The summed E-state index contributed by atoms with van der Waals surface area (Å²) in [5, 5.41) is 13.4. The number of fused-ring (bicyclic) bond motifs is 1. The van der Waals surface area contributed by atoms with E-state index in [1.807, 2.05) is 12.1 Å². The number of piperidine rings is 1. The van der Waals surface area contributed by atoms with Gasteiger partial charge in [0.05, 0.1) is 11.8 Å². The number of benzene rings is 1. The Kier molecular flexibility index (Phi) is 5.60. The third-order valence-corrected chi connectivity index (χ3v) is 6.07. The number of halogens is 3. The molecule has 1 aliphatic rings. The molecule has 0 amide bonds. The second-order valence-electron chi connectivity index (χ2n) is 7.31. The number of likely N-dealkylation sites (tertiary alicyclic amines) is 1. The lowest BCUT2D eigenvalue weighted by atomic mass is 10.0. The zero-order valence-electron chi connectivity index (χ0n) is 15.6. The fourth-order valence-electron chi connectivity index (χ4n) is 3.59. The molecule has 0 unspecified atom stereocenters. The van der Waals surface area contributed by atoms with Crippen LogP contribution in [0, 0.1) is 0 Å². The van der Waals surface area contributed by atoms with Gasteiger partial charge in [0, 0.05) is 30.6 Å². The lowest BCUT2D eigenvalue weighted by Gasteiger charge is -2.32. The van der Waals surface area contributed by atoms with Crippen LogP contribution in [0.1, 0.15) is 23.3 Å². The Morgan fingerprint density at radius 3 is 2.55 bits per heavy atom. The van der Waals surface area contributed by atoms with Gasteiger partial charge >= 0.3 is 6.18 Å². The van der Waals surface area contributed by atoms with Gasteiger partial charge in [-0.2, -0.15) is 13.2 Å². The van der Waals surface area contributed by atoms with Crippen LogP contribution in [0.4, 0.5) is 19.0 Å². The van der Waals surface area contributed by atoms with Crippen LogP contribution in [0.5, 0.6) is 5.75 Å². The van der Waals surface area contributed by atoms with Gasteiger partial charge in [-0.25, -0.2) is 9.97 Å². The molecule has 9 heteroatoms. The summed E-state index contributed by atoms with van der Waals surface area (Å²) in [7, 11) is 0. The van der Waals surface area contributed by atoms with Crippen molar-refractivity contribution in [2.75, 3.05) is 18.4 Å². The summed E-state index contributed by atoms with van der Waals surface area (Å²) in [5.74, 6) is 0.872. The molecule has 3 heterocycles. The quantitative estimate of drug-likeness (QED) is 0.630. The van der Waals surface area contributed by atoms with E-state index in [1.54, 1.807) is 18.2 Å². The predicted molar refractivity (Wildman–Crippen MR) is 107 cm³/mol. The van der Waals surface area contributed by atoms with Gasteiger partial charge in [-0.3, -0.25) is 4.90 Å². The lowest BCUT2D eigenvalue weighted by Crippen LogP contribution is -2.38. The van der Waals surface area contributed by atoms with Crippen LogP contribution < -0.4 is 5.32 Å². The third kappa shape index (κ3) is 5.16. The van der Waals surface area contributed by atoms with E-state index in [2.05, 4.69) is 20.2 Å². The van der Waals surface area contributed by atoms with Crippen molar-refractivity contribution in [2.24, 2.45) is 0 Å². The maximum atomic E-state index is 12.7. The first kappa shape index (κ1) is 19.9. The number of hydrogen-bond acceptors (Lipinski definition) is 6. The molecule has 0 bridgehead atoms. The molecule has 1 aromatic carbocycles. The summed E-state index contributed by atoms with van der Waals surface area (Å²) in [5.41, 5.74) is 1.15. The number of nitrogens with zero attached hydrogens (tertiary/aromatic N) is 3. The molecule has 4 rings (SSSR count). The molecule has 3 aromatic rings. The molecule has 0 aliphatic carbocycles. The number of thiophene rings is 1. The number of hydrogen-bond donors (Lipinski definition) is 2. The average molecular weight is 422 g/mol. The number of aromatic nitrogens is 2. The number of phenols is 1. The number of alkyl halides is 3. The molecule has 2 N–H and O–H groups in total. The predicted octanol–water partition coefficient (Wildman–Crippen LogP) is 4.58. The van der Waals surface area contributed by atoms with Crippen molar-refractivity contribution in [3.8, 4) is 5.75 Å². The van der Waals surface area contributed by atoms with Gasteiger partial charge in [0.2, 0.25) is 0 Å². The molecule has 0 spiro atoms. The highest BCUT2D eigenvalue weighted by Gasteiger charge is 2.29. The van der Waals surface area contributed by atoms with Crippen molar-refractivity contribution in [2.45, 2.75) is 38.0 Å². The Morgan fingerprint density at radius 1 is 1.14 bits per heavy atom. The number of rotatable bonds is 5. The highest BCUT2D eigenvalue weighted by molar-refractivity contribution is 7.18. The van der Waals surface area contributed by atoms with Gasteiger partial charge in [-0.1, -0.05) is 12.1 Å². The van der Waals surface area contributed by atoms with E-state index in [0.717, 1.165) is 49.4 Å². The summed E-state index contributed by atoms with van der Waals surface area (Å²) < 4.78 is 38.1. The van der Waals surface area contributed by atoms with Gasteiger partial charge in [-0.05, 0) is 36.6 Å². The zero-order valence-corrected chi connectivity index (χ0v) is 16.4. The molecule has 0 atom stereocenters. The zero-order chi connectivity index (χ0) is 20.4. The van der Waals surface area contributed by atoms with E-state index in [0.29, 0.717) is 16.0 Å². The Bertz CT molecular complexity index is 966. The largest absolute Gasteiger partial charge is 0.508 e. The van der Waals surface area contributed by atoms with Crippen molar-refractivity contribution in [3.63, 3.8) is 0 Å². The second kappa shape index (κ2) is 8.16. The molecular weight excluding hydrogens is 401 g/mol. The van der Waals surface area contributed by atoms with E-state index in [9.17, 15) is 18.3 Å². The molecule has 1 saturated heterocycles. The Balaban J connectivity index is 1.37. The minimum atomic E-state index is -4.23. The van der Waals surface area contributed by atoms with E-state index in [4.69, 9.17) is 0 Å². The van der Waals surface area contributed by atoms with E-state index in [1.165, 1.54) is 6.33 Å². The van der Waals surface area contributed by atoms with Gasteiger partial charge in [0.15, 0.2) is 0 Å². The average Bonchev–Trinajstić information content (AvgIpc) is 3.07.